The zero-order chi connectivity index (χ0) is 15.3. The number of hydrogen-bond donors (Lipinski definition) is 3. The summed E-state index contributed by atoms with van der Waals surface area (Å²) in [5, 5.41) is 14.7. The van der Waals surface area contributed by atoms with Gasteiger partial charge in [-0.15, -0.1) is 0 Å². The van der Waals surface area contributed by atoms with Gasteiger partial charge in [-0.25, -0.2) is 0 Å². The van der Waals surface area contributed by atoms with Crippen LogP contribution >= 0.6 is 0 Å². The Labute approximate surface area is 119 Å². The molecule has 0 fully saturated rings. The van der Waals surface area contributed by atoms with E-state index in [2.05, 4.69) is 10.6 Å². The summed E-state index contributed by atoms with van der Waals surface area (Å²) in [6, 6.07) is 5.56. The first-order chi connectivity index (χ1) is 9.23. The van der Waals surface area contributed by atoms with Crippen LogP contribution in [0.1, 0.15) is 31.4 Å². The van der Waals surface area contributed by atoms with Gasteiger partial charge in [-0.2, -0.15) is 0 Å². The van der Waals surface area contributed by atoms with Crippen molar-refractivity contribution in [3.8, 4) is 0 Å². The number of carbonyl (C=O) groups excluding carboxylic acids is 2. The molecule has 5 nitrogen and oxygen atoms in total. The number of benzene rings is 1. The second-order valence-corrected chi connectivity index (χ2v) is 5.36. The summed E-state index contributed by atoms with van der Waals surface area (Å²) < 4.78 is 0. The Morgan fingerprint density at radius 1 is 1.15 bits per heavy atom. The van der Waals surface area contributed by atoms with Crippen LogP contribution < -0.4 is 10.6 Å². The van der Waals surface area contributed by atoms with E-state index in [1.807, 2.05) is 26.8 Å². The van der Waals surface area contributed by atoms with E-state index >= 15 is 0 Å². The van der Waals surface area contributed by atoms with Gasteiger partial charge in [0.15, 0.2) is 0 Å². The molecule has 3 N–H and O–H groups in total. The molecule has 0 aliphatic rings. The van der Waals surface area contributed by atoms with Crippen molar-refractivity contribution in [3.05, 3.63) is 29.3 Å². The van der Waals surface area contributed by atoms with Crippen LogP contribution in [-0.2, 0) is 9.59 Å². The monoisotopic (exact) mass is 278 g/mol. The second kappa shape index (κ2) is 6.52. The molecular weight excluding hydrogens is 256 g/mol. The molecule has 5 heteroatoms. The quantitative estimate of drug-likeness (QED) is 0.731. The molecule has 0 bridgehead atoms. The van der Waals surface area contributed by atoms with E-state index in [0.717, 1.165) is 11.1 Å². The summed E-state index contributed by atoms with van der Waals surface area (Å²) in [5.74, 6) is -1.49. The van der Waals surface area contributed by atoms with E-state index in [1.165, 1.54) is 0 Å². The first-order valence-electron chi connectivity index (χ1n) is 6.63. The van der Waals surface area contributed by atoms with Crippen molar-refractivity contribution in [2.45, 2.75) is 39.7 Å². The molecule has 20 heavy (non-hydrogen) atoms. The molecule has 1 aromatic carbocycles. The molecule has 1 rings (SSSR count). The van der Waals surface area contributed by atoms with E-state index in [-0.39, 0.29) is 6.54 Å². The molecule has 0 saturated heterocycles. The Morgan fingerprint density at radius 2 is 1.70 bits per heavy atom. The minimum Gasteiger partial charge on any atom is -0.388 e. The van der Waals surface area contributed by atoms with E-state index in [0.29, 0.717) is 12.1 Å². The van der Waals surface area contributed by atoms with Crippen LogP contribution in [0.5, 0.6) is 0 Å². The number of amides is 2. The summed E-state index contributed by atoms with van der Waals surface area (Å²) in [5.41, 5.74) is 1.60. The average molecular weight is 278 g/mol. The van der Waals surface area contributed by atoms with Crippen LogP contribution in [0.2, 0.25) is 0 Å². The van der Waals surface area contributed by atoms with Crippen LogP contribution in [0.25, 0.3) is 0 Å². The highest BCUT2D eigenvalue weighted by Crippen LogP contribution is 2.13. The maximum absolute atomic E-state index is 11.7. The molecule has 1 atom stereocenters. The zero-order valence-corrected chi connectivity index (χ0v) is 12.4. The van der Waals surface area contributed by atoms with Crippen molar-refractivity contribution in [2.75, 3.05) is 11.9 Å². The van der Waals surface area contributed by atoms with Crippen LogP contribution in [0.3, 0.4) is 0 Å². The molecule has 0 spiro atoms. The standard InChI is InChI=1S/C15H22N2O3/c1-5-15(4,20)9-16-13(18)14(19)17-12-7-10(2)6-11(3)8-12/h6-8,20H,5,9H2,1-4H3,(H,16,18)(H,17,19). The number of anilines is 1. The first kappa shape index (κ1) is 16.2. The fraction of sp³-hybridized carbons (Fsp3) is 0.467. The SMILES string of the molecule is CCC(C)(O)CNC(=O)C(=O)Nc1cc(C)cc(C)c1. The fourth-order valence-electron chi connectivity index (χ4n) is 1.71. The highest BCUT2D eigenvalue weighted by Gasteiger charge is 2.21. The Kier molecular flexibility index (Phi) is 5.27. The largest absolute Gasteiger partial charge is 0.388 e. The van der Waals surface area contributed by atoms with Crippen LogP contribution in [0.15, 0.2) is 18.2 Å². The summed E-state index contributed by atoms with van der Waals surface area (Å²) in [4.78, 5) is 23.4. The maximum Gasteiger partial charge on any atom is 0.313 e. The van der Waals surface area contributed by atoms with Crippen molar-refractivity contribution in [1.29, 1.82) is 0 Å². The highest BCUT2D eigenvalue weighted by molar-refractivity contribution is 6.39. The van der Waals surface area contributed by atoms with E-state index in [4.69, 9.17) is 0 Å². The molecule has 0 aromatic heterocycles. The minimum absolute atomic E-state index is 0.0442. The van der Waals surface area contributed by atoms with Crippen molar-refractivity contribution in [3.63, 3.8) is 0 Å². The first-order valence-corrected chi connectivity index (χ1v) is 6.63. The molecule has 0 radical (unpaired) electrons. The number of carbonyl (C=O) groups is 2. The Morgan fingerprint density at radius 3 is 2.20 bits per heavy atom. The van der Waals surface area contributed by atoms with Gasteiger partial charge in [0, 0.05) is 12.2 Å². The number of aliphatic hydroxyl groups is 1. The number of nitrogens with one attached hydrogen (secondary N) is 2. The zero-order valence-electron chi connectivity index (χ0n) is 12.4. The van der Waals surface area contributed by atoms with Gasteiger partial charge in [0.1, 0.15) is 0 Å². The number of hydrogen-bond acceptors (Lipinski definition) is 3. The van der Waals surface area contributed by atoms with E-state index in [9.17, 15) is 14.7 Å². The maximum atomic E-state index is 11.7. The van der Waals surface area contributed by atoms with Crippen molar-refractivity contribution in [1.82, 2.24) is 5.32 Å². The van der Waals surface area contributed by atoms with Gasteiger partial charge in [0.25, 0.3) is 0 Å². The van der Waals surface area contributed by atoms with Gasteiger partial charge in [0.2, 0.25) is 0 Å². The van der Waals surface area contributed by atoms with Gasteiger partial charge in [-0.05, 0) is 50.5 Å². The average Bonchev–Trinajstić information content (AvgIpc) is 2.34. The molecule has 0 aliphatic heterocycles. The summed E-state index contributed by atoms with van der Waals surface area (Å²) in [6.45, 7) is 7.29. The number of aryl methyl sites for hydroxylation is 2. The topological polar surface area (TPSA) is 78.4 Å². The lowest BCUT2D eigenvalue weighted by atomic mass is 10.0. The lowest BCUT2D eigenvalue weighted by Gasteiger charge is -2.21. The fourth-order valence-corrected chi connectivity index (χ4v) is 1.71. The number of rotatable bonds is 4. The Balaban J connectivity index is 2.60. The normalized spacial score (nSPS) is 13.4. The van der Waals surface area contributed by atoms with Gasteiger partial charge < -0.3 is 15.7 Å². The van der Waals surface area contributed by atoms with E-state index in [1.54, 1.807) is 19.1 Å². The smallest absolute Gasteiger partial charge is 0.313 e. The van der Waals surface area contributed by atoms with Crippen molar-refractivity contribution < 1.29 is 14.7 Å². The lowest BCUT2D eigenvalue weighted by Crippen LogP contribution is -2.44. The predicted octanol–water partition coefficient (Wildman–Crippen LogP) is 1.52. The van der Waals surface area contributed by atoms with Gasteiger partial charge in [0.05, 0.1) is 5.60 Å². The lowest BCUT2D eigenvalue weighted by molar-refractivity contribution is -0.136. The molecule has 1 aromatic rings. The third-order valence-corrected chi connectivity index (χ3v) is 3.08. The molecule has 0 aliphatic carbocycles. The van der Waals surface area contributed by atoms with Crippen LogP contribution in [0, 0.1) is 13.8 Å². The molecule has 1 unspecified atom stereocenters. The van der Waals surface area contributed by atoms with Crippen LogP contribution in [0.4, 0.5) is 5.69 Å². The summed E-state index contributed by atoms with van der Waals surface area (Å²) in [7, 11) is 0. The van der Waals surface area contributed by atoms with Gasteiger partial charge >= 0.3 is 11.8 Å². The second-order valence-electron chi connectivity index (χ2n) is 5.36. The van der Waals surface area contributed by atoms with Crippen LogP contribution in [-0.4, -0.2) is 29.1 Å². The molecule has 0 saturated carbocycles. The van der Waals surface area contributed by atoms with Gasteiger partial charge in [-0.3, -0.25) is 9.59 Å². The Hall–Kier alpha value is -1.88. The summed E-state index contributed by atoms with van der Waals surface area (Å²) in [6.07, 6.45) is 0.492. The Bertz CT molecular complexity index is 490. The van der Waals surface area contributed by atoms with Gasteiger partial charge in [-0.1, -0.05) is 13.0 Å². The van der Waals surface area contributed by atoms with E-state index < -0.39 is 17.4 Å². The molecule has 2 amide bonds. The third kappa shape index (κ3) is 5.01. The molecule has 0 heterocycles. The molecule has 110 valence electrons. The predicted molar refractivity (Wildman–Crippen MR) is 78.5 cm³/mol. The molecular formula is C15H22N2O3. The third-order valence-electron chi connectivity index (χ3n) is 3.08. The summed E-state index contributed by atoms with van der Waals surface area (Å²) >= 11 is 0. The highest BCUT2D eigenvalue weighted by atomic mass is 16.3. The van der Waals surface area contributed by atoms with Crippen molar-refractivity contribution >= 4 is 17.5 Å². The van der Waals surface area contributed by atoms with Crippen molar-refractivity contribution in [2.24, 2.45) is 0 Å². The minimum atomic E-state index is -1.00.